The number of nitrogens with zero attached hydrogens (tertiary/aromatic N) is 2. The largest absolute Gasteiger partial charge is 0.320 e. The zero-order valence-electron chi connectivity index (χ0n) is 10.4. The number of benzene rings is 1. The van der Waals surface area contributed by atoms with Gasteiger partial charge in [-0.15, -0.1) is 0 Å². The molecule has 0 N–H and O–H groups in total. The Morgan fingerprint density at radius 2 is 2.00 bits per heavy atom. The van der Waals surface area contributed by atoms with E-state index in [1.54, 1.807) is 35.0 Å². The van der Waals surface area contributed by atoms with Gasteiger partial charge in [0.2, 0.25) is 0 Å². The summed E-state index contributed by atoms with van der Waals surface area (Å²) < 4.78 is 13.7. The normalized spacial score (nSPS) is 20.5. The molecule has 1 atom stereocenters. The molecule has 1 heterocycles. The van der Waals surface area contributed by atoms with E-state index in [1.807, 2.05) is 13.8 Å². The average Bonchev–Trinajstić information content (AvgIpc) is 2.57. The molecule has 3 nitrogen and oxygen atoms in total. The summed E-state index contributed by atoms with van der Waals surface area (Å²) in [6.45, 7) is 4.48. The Hall–Kier alpha value is -1.58. The lowest BCUT2D eigenvalue weighted by molar-refractivity contribution is 0.187. The van der Waals surface area contributed by atoms with Crippen molar-refractivity contribution in [1.82, 2.24) is 9.80 Å². The predicted molar refractivity (Wildman–Crippen MR) is 64.1 cm³/mol. The van der Waals surface area contributed by atoms with Gasteiger partial charge in [-0.3, -0.25) is 0 Å². The molecule has 0 bridgehead atoms. The zero-order chi connectivity index (χ0) is 12.6. The van der Waals surface area contributed by atoms with Crippen molar-refractivity contribution >= 4 is 6.03 Å². The maximum Gasteiger partial charge on any atom is 0.320 e. The molecule has 1 saturated heterocycles. The minimum absolute atomic E-state index is 0.0340. The number of likely N-dealkylation sites (N-methyl/N-ethyl adjacent to an activating group) is 1. The smallest absolute Gasteiger partial charge is 0.320 e. The second-order valence-electron chi connectivity index (χ2n) is 4.68. The van der Waals surface area contributed by atoms with Crippen molar-refractivity contribution in [2.24, 2.45) is 0 Å². The summed E-state index contributed by atoms with van der Waals surface area (Å²) in [6.07, 6.45) is 0. The Morgan fingerprint density at radius 3 is 2.53 bits per heavy atom. The highest BCUT2D eigenvalue weighted by Gasteiger charge is 2.37. The third-order valence-electron chi connectivity index (χ3n) is 3.27. The van der Waals surface area contributed by atoms with Crippen LogP contribution in [0.2, 0.25) is 0 Å². The standard InChI is InChI=1S/C13H17FN2O/c1-9(2)16-8-12(15(3)13(16)17)10-6-4-5-7-11(10)14/h4-7,9,12H,8H2,1-3H3. The van der Waals surface area contributed by atoms with Crippen LogP contribution in [0, 0.1) is 5.82 Å². The van der Waals surface area contributed by atoms with Crippen molar-refractivity contribution < 1.29 is 9.18 Å². The lowest BCUT2D eigenvalue weighted by Gasteiger charge is -2.19. The fourth-order valence-corrected chi connectivity index (χ4v) is 2.21. The van der Waals surface area contributed by atoms with Gasteiger partial charge in [0.1, 0.15) is 5.82 Å². The molecule has 0 radical (unpaired) electrons. The van der Waals surface area contributed by atoms with Crippen LogP contribution in [0.5, 0.6) is 0 Å². The number of halogens is 1. The van der Waals surface area contributed by atoms with Crippen LogP contribution in [0.15, 0.2) is 24.3 Å². The maximum atomic E-state index is 13.7. The van der Waals surface area contributed by atoms with Gasteiger partial charge in [0, 0.05) is 25.2 Å². The fourth-order valence-electron chi connectivity index (χ4n) is 2.21. The van der Waals surface area contributed by atoms with E-state index in [1.165, 1.54) is 6.07 Å². The molecule has 1 aliphatic rings. The molecule has 0 aliphatic carbocycles. The second-order valence-corrected chi connectivity index (χ2v) is 4.68. The molecular weight excluding hydrogens is 219 g/mol. The first-order valence-electron chi connectivity index (χ1n) is 5.80. The summed E-state index contributed by atoms with van der Waals surface area (Å²) >= 11 is 0. The monoisotopic (exact) mass is 236 g/mol. The Kier molecular flexibility index (Phi) is 3.05. The summed E-state index contributed by atoms with van der Waals surface area (Å²) in [5.41, 5.74) is 0.589. The lowest BCUT2D eigenvalue weighted by atomic mass is 10.1. The molecule has 92 valence electrons. The van der Waals surface area contributed by atoms with Crippen LogP contribution < -0.4 is 0 Å². The number of urea groups is 1. The van der Waals surface area contributed by atoms with Gasteiger partial charge in [0.25, 0.3) is 0 Å². The van der Waals surface area contributed by atoms with E-state index in [9.17, 15) is 9.18 Å². The number of rotatable bonds is 2. The van der Waals surface area contributed by atoms with Gasteiger partial charge in [0.15, 0.2) is 0 Å². The van der Waals surface area contributed by atoms with E-state index in [0.29, 0.717) is 12.1 Å². The van der Waals surface area contributed by atoms with Crippen molar-refractivity contribution in [2.75, 3.05) is 13.6 Å². The van der Waals surface area contributed by atoms with Gasteiger partial charge in [-0.2, -0.15) is 0 Å². The van der Waals surface area contributed by atoms with Gasteiger partial charge >= 0.3 is 6.03 Å². The average molecular weight is 236 g/mol. The Bertz CT molecular complexity index is 433. The minimum Gasteiger partial charge on any atom is -0.320 e. The van der Waals surface area contributed by atoms with Crippen LogP contribution in [0.3, 0.4) is 0 Å². The number of carbonyl (C=O) groups is 1. The van der Waals surface area contributed by atoms with Crippen LogP contribution >= 0.6 is 0 Å². The molecular formula is C13H17FN2O. The highest BCUT2D eigenvalue weighted by atomic mass is 19.1. The summed E-state index contributed by atoms with van der Waals surface area (Å²) in [7, 11) is 1.72. The third kappa shape index (κ3) is 1.99. The second kappa shape index (κ2) is 4.35. The quantitative estimate of drug-likeness (QED) is 0.774. The number of carbonyl (C=O) groups excluding carboxylic acids is 1. The van der Waals surface area contributed by atoms with E-state index >= 15 is 0 Å². The number of hydrogen-bond donors (Lipinski definition) is 0. The number of hydrogen-bond acceptors (Lipinski definition) is 1. The number of amides is 2. The molecule has 17 heavy (non-hydrogen) atoms. The predicted octanol–water partition coefficient (Wildman–Crippen LogP) is 2.64. The summed E-state index contributed by atoms with van der Waals surface area (Å²) in [5.74, 6) is -0.247. The molecule has 0 saturated carbocycles. The zero-order valence-corrected chi connectivity index (χ0v) is 10.4. The van der Waals surface area contributed by atoms with Crippen LogP contribution in [0.4, 0.5) is 9.18 Å². The SMILES string of the molecule is CC(C)N1CC(c2ccccc2F)N(C)C1=O. The van der Waals surface area contributed by atoms with Gasteiger partial charge in [-0.05, 0) is 19.9 Å². The van der Waals surface area contributed by atoms with Crippen molar-refractivity contribution in [2.45, 2.75) is 25.9 Å². The van der Waals surface area contributed by atoms with Crippen LogP contribution in [0.1, 0.15) is 25.5 Å². The Balaban J connectivity index is 2.30. The third-order valence-corrected chi connectivity index (χ3v) is 3.27. The summed E-state index contributed by atoms with van der Waals surface area (Å²) in [6, 6.07) is 6.56. The molecule has 2 rings (SSSR count). The van der Waals surface area contributed by atoms with Crippen molar-refractivity contribution in [3.8, 4) is 0 Å². The van der Waals surface area contributed by atoms with E-state index in [-0.39, 0.29) is 23.9 Å². The van der Waals surface area contributed by atoms with E-state index in [4.69, 9.17) is 0 Å². The minimum atomic E-state index is -0.247. The van der Waals surface area contributed by atoms with Gasteiger partial charge in [-0.25, -0.2) is 9.18 Å². The topological polar surface area (TPSA) is 23.6 Å². The summed E-state index contributed by atoms with van der Waals surface area (Å²) in [5, 5.41) is 0. The molecule has 0 spiro atoms. The molecule has 1 unspecified atom stereocenters. The molecule has 2 amide bonds. The highest BCUT2D eigenvalue weighted by molar-refractivity contribution is 5.77. The molecule has 1 aromatic rings. The van der Waals surface area contributed by atoms with Gasteiger partial charge in [0.05, 0.1) is 6.04 Å². The lowest BCUT2D eigenvalue weighted by Crippen LogP contribution is -2.34. The van der Waals surface area contributed by atoms with Gasteiger partial charge in [-0.1, -0.05) is 18.2 Å². The molecule has 0 aromatic heterocycles. The highest BCUT2D eigenvalue weighted by Crippen LogP contribution is 2.30. The maximum absolute atomic E-state index is 13.7. The van der Waals surface area contributed by atoms with E-state index < -0.39 is 0 Å². The van der Waals surface area contributed by atoms with Crippen LogP contribution in [-0.2, 0) is 0 Å². The Morgan fingerprint density at radius 1 is 1.35 bits per heavy atom. The Labute approximate surface area is 101 Å². The molecule has 1 aliphatic heterocycles. The van der Waals surface area contributed by atoms with E-state index in [0.717, 1.165) is 0 Å². The van der Waals surface area contributed by atoms with E-state index in [2.05, 4.69) is 0 Å². The molecule has 1 fully saturated rings. The first kappa shape index (κ1) is 11.9. The fraction of sp³-hybridized carbons (Fsp3) is 0.462. The van der Waals surface area contributed by atoms with Crippen LogP contribution in [-0.4, -0.2) is 35.5 Å². The summed E-state index contributed by atoms with van der Waals surface area (Å²) in [4.78, 5) is 15.3. The van der Waals surface area contributed by atoms with Crippen molar-refractivity contribution in [3.63, 3.8) is 0 Å². The van der Waals surface area contributed by atoms with Crippen LogP contribution in [0.25, 0.3) is 0 Å². The molecule has 4 heteroatoms. The first-order valence-corrected chi connectivity index (χ1v) is 5.80. The van der Waals surface area contributed by atoms with Crippen molar-refractivity contribution in [3.05, 3.63) is 35.6 Å². The first-order chi connectivity index (χ1) is 8.02. The van der Waals surface area contributed by atoms with Gasteiger partial charge < -0.3 is 9.80 Å². The van der Waals surface area contributed by atoms with Crippen molar-refractivity contribution in [1.29, 1.82) is 0 Å². The molecule has 1 aromatic carbocycles.